The lowest BCUT2D eigenvalue weighted by atomic mass is 10.0. The summed E-state index contributed by atoms with van der Waals surface area (Å²) in [5, 5.41) is 5.50. The molecule has 0 spiro atoms. The van der Waals surface area contributed by atoms with Gasteiger partial charge in [-0.3, -0.25) is 4.98 Å². The molecule has 0 saturated heterocycles. The Morgan fingerprint density at radius 3 is 2.92 bits per heavy atom. The standard InChI is InChI=1S/C21H15NOS/c1-12-8-18(22-11-13(12)2)16-5-3-4-15-17-9-14-6-7-24-20(14)10-19(17)23-21(15)16/h3-11H,1-2H3/i1D,2D. The number of thiophene rings is 1. The number of hydrogen-bond donors (Lipinski definition) is 0. The molecule has 3 heteroatoms. The van der Waals surface area contributed by atoms with Crippen LogP contribution in [-0.4, -0.2) is 4.98 Å². The molecule has 3 heterocycles. The van der Waals surface area contributed by atoms with Gasteiger partial charge in [0.25, 0.3) is 0 Å². The van der Waals surface area contributed by atoms with Crippen LogP contribution in [0.15, 0.2) is 58.5 Å². The third-order valence-corrected chi connectivity index (χ3v) is 5.31. The number of fused-ring (bicyclic) bond motifs is 4. The molecule has 5 rings (SSSR count). The summed E-state index contributed by atoms with van der Waals surface area (Å²) in [6.07, 6.45) is 1.71. The van der Waals surface area contributed by atoms with Crippen LogP contribution >= 0.6 is 11.3 Å². The van der Waals surface area contributed by atoms with Crippen LogP contribution in [0.1, 0.15) is 13.9 Å². The molecule has 0 atom stereocenters. The van der Waals surface area contributed by atoms with E-state index in [1.807, 2.05) is 18.2 Å². The maximum atomic E-state index is 7.73. The second-order valence-electron chi connectivity index (χ2n) is 5.93. The van der Waals surface area contributed by atoms with Gasteiger partial charge in [-0.05, 0) is 66.0 Å². The molecule has 0 fully saturated rings. The predicted molar refractivity (Wildman–Crippen MR) is 102 cm³/mol. The molecule has 0 saturated carbocycles. The van der Waals surface area contributed by atoms with E-state index in [1.165, 1.54) is 10.1 Å². The number of para-hydroxylation sites is 1. The molecule has 0 unspecified atom stereocenters. The van der Waals surface area contributed by atoms with Crippen LogP contribution in [0, 0.1) is 13.8 Å². The fraction of sp³-hybridized carbons (Fsp3) is 0.0952. The van der Waals surface area contributed by atoms with Gasteiger partial charge in [-0.15, -0.1) is 11.3 Å². The number of aryl methyl sites for hydroxylation is 2. The zero-order valence-corrected chi connectivity index (χ0v) is 13.7. The van der Waals surface area contributed by atoms with Crippen LogP contribution in [0.3, 0.4) is 0 Å². The number of pyridine rings is 1. The summed E-state index contributed by atoms with van der Waals surface area (Å²) in [6, 6.07) is 14.4. The third-order valence-electron chi connectivity index (χ3n) is 4.43. The van der Waals surface area contributed by atoms with Gasteiger partial charge < -0.3 is 4.42 Å². The maximum Gasteiger partial charge on any atom is 0.144 e. The highest BCUT2D eigenvalue weighted by molar-refractivity contribution is 7.17. The quantitative estimate of drug-likeness (QED) is 0.351. The van der Waals surface area contributed by atoms with Crippen molar-refractivity contribution >= 4 is 43.4 Å². The highest BCUT2D eigenvalue weighted by Gasteiger charge is 2.14. The van der Waals surface area contributed by atoms with Gasteiger partial charge in [-0.25, -0.2) is 0 Å². The van der Waals surface area contributed by atoms with E-state index < -0.39 is 0 Å². The molecule has 0 aliphatic heterocycles. The number of nitrogens with zero attached hydrogens (tertiary/aromatic N) is 1. The second-order valence-corrected chi connectivity index (χ2v) is 6.88. The summed E-state index contributed by atoms with van der Waals surface area (Å²) >= 11 is 1.71. The lowest BCUT2D eigenvalue weighted by Crippen LogP contribution is -1.88. The van der Waals surface area contributed by atoms with E-state index in [0.717, 1.165) is 44.3 Å². The highest BCUT2D eigenvalue weighted by atomic mass is 32.1. The summed E-state index contributed by atoms with van der Waals surface area (Å²) in [7, 11) is 0. The molecule has 5 aromatic rings. The van der Waals surface area contributed by atoms with Gasteiger partial charge in [0.15, 0.2) is 0 Å². The first-order chi connectivity index (χ1) is 12.8. The first-order valence-electron chi connectivity index (χ1n) is 9.09. The number of aromatic nitrogens is 1. The maximum absolute atomic E-state index is 7.73. The van der Waals surface area contributed by atoms with Crippen molar-refractivity contribution in [2.24, 2.45) is 0 Å². The molecule has 116 valence electrons. The average Bonchev–Trinajstić information content (AvgIpc) is 3.28. The second kappa shape index (κ2) is 4.92. The Bertz CT molecular complexity index is 1270. The molecule has 2 nitrogen and oxygen atoms in total. The van der Waals surface area contributed by atoms with Crippen molar-refractivity contribution in [2.45, 2.75) is 13.8 Å². The van der Waals surface area contributed by atoms with E-state index >= 15 is 0 Å². The van der Waals surface area contributed by atoms with Crippen molar-refractivity contribution in [3.63, 3.8) is 0 Å². The predicted octanol–water partition coefficient (Wildman–Crippen LogP) is 6.48. The zero-order valence-electron chi connectivity index (χ0n) is 14.9. The van der Waals surface area contributed by atoms with E-state index in [2.05, 4.69) is 34.6 Å². The molecule has 0 radical (unpaired) electrons. The molecule has 0 aliphatic carbocycles. The molecular formula is C21H15NOS. The fourth-order valence-electron chi connectivity index (χ4n) is 3.13. The van der Waals surface area contributed by atoms with Gasteiger partial charge in [0.1, 0.15) is 11.2 Å². The minimum Gasteiger partial charge on any atom is -0.455 e. The van der Waals surface area contributed by atoms with Crippen molar-refractivity contribution in [1.29, 1.82) is 0 Å². The van der Waals surface area contributed by atoms with Crippen molar-refractivity contribution in [3.8, 4) is 11.3 Å². The third kappa shape index (κ3) is 1.91. The van der Waals surface area contributed by atoms with Crippen LogP contribution < -0.4 is 0 Å². The molecule has 0 N–H and O–H groups in total. The first-order valence-corrected chi connectivity index (χ1v) is 8.55. The minimum atomic E-state index is 0.146. The van der Waals surface area contributed by atoms with Gasteiger partial charge in [0.05, 0.1) is 5.69 Å². The van der Waals surface area contributed by atoms with Crippen LogP contribution in [0.25, 0.3) is 43.3 Å². The Hall–Kier alpha value is -2.65. The molecule has 0 amide bonds. The van der Waals surface area contributed by atoms with Crippen molar-refractivity contribution in [1.82, 2.24) is 4.98 Å². The molecule has 0 aliphatic rings. The number of hydrogen-bond acceptors (Lipinski definition) is 3. The molecule has 3 aromatic heterocycles. The molecule has 0 bridgehead atoms. The fourth-order valence-corrected chi connectivity index (χ4v) is 3.93. The molecule has 2 aromatic carbocycles. The highest BCUT2D eigenvalue weighted by Crippen LogP contribution is 2.38. The Morgan fingerprint density at radius 2 is 2.00 bits per heavy atom. The average molecular weight is 331 g/mol. The summed E-state index contributed by atoms with van der Waals surface area (Å²) < 4.78 is 22.8. The molecular weight excluding hydrogens is 314 g/mol. The van der Waals surface area contributed by atoms with Crippen molar-refractivity contribution in [2.75, 3.05) is 0 Å². The van der Waals surface area contributed by atoms with E-state index in [4.69, 9.17) is 7.16 Å². The minimum absolute atomic E-state index is 0.146. The van der Waals surface area contributed by atoms with Crippen LogP contribution in [0.5, 0.6) is 0 Å². The lowest BCUT2D eigenvalue weighted by molar-refractivity contribution is 0.670. The Labute approximate surface area is 146 Å². The lowest BCUT2D eigenvalue weighted by Gasteiger charge is -2.05. The summed E-state index contributed by atoms with van der Waals surface area (Å²) in [5.74, 6) is 0. The van der Waals surface area contributed by atoms with Crippen molar-refractivity contribution in [3.05, 3.63) is 65.2 Å². The van der Waals surface area contributed by atoms with E-state index in [-0.39, 0.29) is 13.8 Å². The number of rotatable bonds is 1. The van der Waals surface area contributed by atoms with Gasteiger partial charge in [0.2, 0.25) is 0 Å². The summed E-state index contributed by atoms with van der Waals surface area (Å²) in [4.78, 5) is 4.53. The first kappa shape index (κ1) is 11.8. The monoisotopic (exact) mass is 331 g/mol. The number of furan rings is 1. The Morgan fingerprint density at radius 1 is 1.04 bits per heavy atom. The van der Waals surface area contributed by atoms with Crippen molar-refractivity contribution < 1.29 is 7.16 Å². The smallest absolute Gasteiger partial charge is 0.144 e. The van der Waals surface area contributed by atoms with Gasteiger partial charge >= 0.3 is 0 Å². The van der Waals surface area contributed by atoms with Gasteiger partial charge in [-0.1, -0.05) is 12.1 Å². The van der Waals surface area contributed by atoms with Crippen LogP contribution in [0.2, 0.25) is 0 Å². The molecule has 24 heavy (non-hydrogen) atoms. The number of benzene rings is 2. The summed E-state index contributed by atoms with van der Waals surface area (Å²) in [6.45, 7) is 0.295. The zero-order chi connectivity index (χ0) is 17.7. The van der Waals surface area contributed by atoms with Gasteiger partial charge in [0, 0.05) is 30.0 Å². The Balaban J connectivity index is 1.79. The van der Waals surface area contributed by atoms with Gasteiger partial charge in [-0.2, -0.15) is 0 Å². The van der Waals surface area contributed by atoms with E-state index in [0.29, 0.717) is 0 Å². The Kier molecular flexibility index (Phi) is 2.42. The topological polar surface area (TPSA) is 26.0 Å². The van der Waals surface area contributed by atoms with Crippen LogP contribution in [-0.2, 0) is 0 Å². The van der Waals surface area contributed by atoms with E-state index in [9.17, 15) is 0 Å². The summed E-state index contributed by atoms with van der Waals surface area (Å²) in [5.41, 5.74) is 5.07. The van der Waals surface area contributed by atoms with E-state index in [1.54, 1.807) is 17.5 Å². The SMILES string of the molecule is [2H]Cc1cnc(-c2cccc3c2oc2cc4sccc4cc23)cc1C[2H]. The normalized spacial score (nSPS) is 12.8. The largest absolute Gasteiger partial charge is 0.455 e. The van der Waals surface area contributed by atoms with Crippen LogP contribution in [0.4, 0.5) is 0 Å².